The van der Waals surface area contributed by atoms with Gasteiger partial charge in [0.05, 0.1) is 0 Å². The van der Waals surface area contributed by atoms with Crippen molar-refractivity contribution < 1.29 is 0 Å². The number of nitrogens with zero attached hydrogens (tertiary/aromatic N) is 1. The summed E-state index contributed by atoms with van der Waals surface area (Å²) in [6.45, 7) is 6.05. The third kappa shape index (κ3) is 3.26. The van der Waals surface area contributed by atoms with Crippen LogP contribution in [0.1, 0.15) is 50.3 Å². The largest absolute Gasteiger partial charge is 0.308 e. The molecule has 3 heteroatoms. The summed E-state index contributed by atoms with van der Waals surface area (Å²) in [7, 11) is 0. The number of hydrogen-bond acceptors (Lipinski definition) is 3. The summed E-state index contributed by atoms with van der Waals surface area (Å²) in [4.78, 5) is 4.34. The maximum Gasteiger partial charge on any atom is 0.0309 e. The molecular formula is C17H28N2S. The van der Waals surface area contributed by atoms with Gasteiger partial charge < -0.3 is 5.32 Å². The molecule has 0 amide bonds. The van der Waals surface area contributed by atoms with Gasteiger partial charge in [-0.15, -0.1) is 11.3 Å². The molecule has 1 saturated heterocycles. The Kier molecular flexibility index (Phi) is 4.79. The van der Waals surface area contributed by atoms with Crippen LogP contribution in [-0.4, -0.2) is 36.1 Å². The molecule has 1 aromatic heterocycles. The first-order chi connectivity index (χ1) is 9.81. The fraction of sp³-hybridized carbons (Fsp3) is 0.765. The molecule has 2 aliphatic rings. The maximum absolute atomic E-state index is 3.91. The molecule has 1 saturated carbocycles. The van der Waals surface area contributed by atoms with Gasteiger partial charge in [-0.1, -0.05) is 32.3 Å². The van der Waals surface area contributed by atoms with E-state index in [0.717, 1.165) is 6.04 Å². The van der Waals surface area contributed by atoms with Crippen LogP contribution in [0.2, 0.25) is 0 Å². The molecule has 2 fully saturated rings. The highest BCUT2D eigenvalue weighted by molar-refractivity contribution is 7.09. The van der Waals surface area contributed by atoms with Crippen LogP contribution >= 0.6 is 11.3 Å². The van der Waals surface area contributed by atoms with Gasteiger partial charge in [0.1, 0.15) is 0 Å². The standard InChI is InChI=1S/C17H28N2S/c1-2-6-15-13-18-17(9-3-4-10-17)14-19(15)11-8-16-7-5-12-20-16/h5,7,12,15,18H,2-4,6,8-11,13-14H2,1H3. The Bertz CT molecular complexity index is 395. The predicted molar refractivity (Wildman–Crippen MR) is 87.5 cm³/mol. The minimum absolute atomic E-state index is 0.458. The third-order valence-corrected chi connectivity index (χ3v) is 6.08. The molecule has 1 aliphatic heterocycles. The molecule has 0 bridgehead atoms. The van der Waals surface area contributed by atoms with Gasteiger partial charge in [-0.05, 0) is 37.1 Å². The molecule has 1 atom stereocenters. The lowest BCUT2D eigenvalue weighted by Crippen LogP contribution is -2.63. The Labute approximate surface area is 127 Å². The topological polar surface area (TPSA) is 15.3 Å². The van der Waals surface area contributed by atoms with Crippen molar-refractivity contribution in [3.8, 4) is 0 Å². The third-order valence-electron chi connectivity index (χ3n) is 5.14. The summed E-state index contributed by atoms with van der Waals surface area (Å²) in [6, 6.07) is 5.22. The summed E-state index contributed by atoms with van der Waals surface area (Å²) in [6.07, 6.45) is 9.49. The first-order valence-corrected chi connectivity index (χ1v) is 9.21. The van der Waals surface area contributed by atoms with Crippen LogP contribution in [0.4, 0.5) is 0 Å². The first kappa shape index (κ1) is 14.6. The molecule has 1 aliphatic carbocycles. The van der Waals surface area contributed by atoms with Crippen molar-refractivity contribution in [1.29, 1.82) is 0 Å². The molecular weight excluding hydrogens is 264 g/mol. The van der Waals surface area contributed by atoms with Gasteiger partial charge in [-0.25, -0.2) is 0 Å². The van der Waals surface area contributed by atoms with Crippen LogP contribution in [0, 0.1) is 0 Å². The van der Waals surface area contributed by atoms with Gasteiger partial charge in [0.15, 0.2) is 0 Å². The molecule has 0 aromatic carbocycles. The zero-order chi connectivity index (χ0) is 13.8. The van der Waals surface area contributed by atoms with Gasteiger partial charge in [-0.2, -0.15) is 0 Å². The zero-order valence-electron chi connectivity index (χ0n) is 12.7. The highest BCUT2D eigenvalue weighted by Crippen LogP contribution is 2.33. The van der Waals surface area contributed by atoms with Crippen LogP contribution in [0.5, 0.6) is 0 Å². The number of rotatable bonds is 5. The fourth-order valence-corrected chi connectivity index (χ4v) is 4.71. The lowest BCUT2D eigenvalue weighted by molar-refractivity contribution is 0.0767. The summed E-state index contributed by atoms with van der Waals surface area (Å²) >= 11 is 1.91. The van der Waals surface area contributed by atoms with Crippen LogP contribution in [0.15, 0.2) is 17.5 Å². The summed E-state index contributed by atoms with van der Waals surface area (Å²) in [5.74, 6) is 0. The van der Waals surface area contributed by atoms with E-state index < -0.39 is 0 Å². The second kappa shape index (κ2) is 6.59. The molecule has 2 nitrogen and oxygen atoms in total. The average Bonchev–Trinajstić information content (AvgIpc) is 3.12. The van der Waals surface area contributed by atoms with E-state index in [1.54, 1.807) is 4.88 Å². The molecule has 2 heterocycles. The monoisotopic (exact) mass is 292 g/mol. The SMILES string of the molecule is CCCC1CNC2(CCCC2)CN1CCc1cccs1. The quantitative estimate of drug-likeness (QED) is 0.890. The molecule has 0 radical (unpaired) electrons. The van der Waals surface area contributed by atoms with E-state index in [0.29, 0.717) is 5.54 Å². The normalized spacial score (nSPS) is 26.4. The van der Waals surface area contributed by atoms with E-state index in [-0.39, 0.29) is 0 Å². The molecule has 1 N–H and O–H groups in total. The summed E-state index contributed by atoms with van der Waals surface area (Å²) < 4.78 is 0. The Morgan fingerprint density at radius 3 is 2.95 bits per heavy atom. The van der Waals surface area contributed by atoms with E-state index in [2.05, 4.69) is 34.7 Å². The minimum atomic E-state index is 0.458. The molecule has 1 spiro atoms. The molecule has 112 valence electrons. The van der Waals surface area contributed by atoms with Crippen LogP contribution in [-0.2, 0) is 6.42 Å². The highest BCUT2D eigenvalue weighted by Gasteiger charge is 2.40. The van der Waals surface area contributed by atoms with Gasteiger partial charge in [0, 0.05) is 36.1 Å². The lowest BCUT2D eigenvalue weighted by Gasteiger charge is -2.46. The van der Waals surface area contributed by atoms with Gasteiger partial charge in [-0.3, -0.25) is 4.90 Å². The second-order valence-electron chi connectivity index (χ2n) is 6.61. The van der Waals surface area contributed by atoms with Crippen LogP contribution in [0.3, 0.4) is 0 Å². The van der Waals surface area contributed by atoms with Gasteiger partial charge >= 0.3 is 0 Å². The minimum Gasteiger partial charge on any atom is -0.308 e. The van der Waals surface area contributed by atoms with Crippen molar-refractivity contribution in [1.82, 2.24) is 10.2 Å². The van der Waals surface area contributed by atoms with E-state index in [1.807, 2.05) is 11.3 Å². The van der Waals surface area contributed by atoms with E-state index in [1.165, 1.54) is 64.6 Å². The molecule has 20 heavy (non-hydrogen) atoms. The Morgan fingerprint density at radius 1 is 1.40 bits per heavy atom. The van der Waals surface area contributed by atoms with Crippen molar-refractivity contribution in [3.63, 3.8) is 0 Å². The highest BCUT2D eigenvalue weighted by atomic mass is 32.1. The van der Waals surface area contributed by atoms with Crippen molar-refractivity contribution >= 4 is 11.3 Å². The number of piperazine rings is 1. The number of thiophene rings is 1. The Morgan fingerprint density at radius 2 is 2.25 bits per heavy atom. The van der Waals surface area contributed by atoms with Crippen LogP contribution < -0.4 is 5.32 Å². The van der Waals surface area contributed by atoms with E-state index >= 15 is 0 Å². The van der Waals surface area contributed by atoms with Crippen molar-refractivity contribution in [2.75, 3.05) is 19.6 Å². The molecule has 3 rings (SSSR count). The van der Waals surface area contributed by atoms with E-state index in [4.69, 9.17) is 0 Å². The average molecular weight is 292 g/mol. The predicted octanol–water partition coefficient (Wildman–Crippen LogP) is 3.68. The second-order valence-corrected chi connectivity index (χ2v) is 7.64. The smallest absolute Gasteiger partial charge is 0.0309 e. The van der Waals surface area contributed by atoms with E-state index in [9.17, 15) is 0 Å². The maximum atomic E-state index is 3.91. The van der Waals surface area contributed by atoms with Crippen molar-refractivity contribution in [3.05, 3.63) is 22.4 Å². The van der Waals surface area contributed by atoms with Crippen LogP contribution in [0.25, 0.3) is 0 Å². The first-order valence-electron chi connectivity index (χ1n) is 8.33. The summed E-state index contributed by atoms with van der Waals surface area (Å²) in [5, 5.41) is 6.12. The molecule has 1 unspecified atom stereocenters. The Hall–Kier alpha value is -0.380. The zero-order valence-corrected chi connectivity index (χ0v) is 13.6. The Balaban J connectivity index is 1.62. The van der Waals surface area contributed by atoms with Gasteiger partial charge in [0.25, 0.3) is 0 Å². The van der Waals surface area contributed by atoms with Crippen molar-refractivity contribution in [2.45, 2.75) is 63.5 Å². The van der Waals surface area contributed by atoms with Crippen molar-refractivity contribution in [2.24, 2.45) is 0 Å². The lowest BCUT2D eigenvalue weighted by atomic mass is 9.91. The number of nitrogens with one attached hydrogen (secondary N) is 1. The fourth-order valence-electron chi connectivity index (χ4n) is 4.01. The summed E-state index contributed by atoms with van der Waals surface area (Å²) in [5.41, 5.74) is 0.458. The van der Waals surface area contributed by atoms with Gasteiger partial charge in [0.2, 0.25) is 0 Å². The number of hydrogen-bond donors (Lipinski definition) is 1. The molecule has 1 aromatic rings.